The van der Waals surface area contributed by atoms with E-state index in [1.807, 2.05) is 13.8 Å². The lowest BCUT2D eigenvalue weighted by Gasteiger charge is -2.34. The molecule has 3 aromatic rings. The van der Waals surface area contributed by atoms with Gasteiger partial charge in [-0.05, 0) is 62.6 Å². The average Bonchev–Trinajstić information content (AvgIpc) is 2.93. The van der Waals surface area contributed by atoms with Gasteiger partial charge in [0.25, 0.3) is 10.0 Å². The number of para-hydroxylation sites is 1. The number of halogens is 2. The number of sulfonamides is 1. The molecule has 2 amide bonds. The highest BCUT2D eigenvalue weighted by Crippen LogP contribution is 2.30. The number of rotatable bonds is 12. The van der Waals surface area contributed by atoms with E-state index < -0.39 is 28.5 Å². The van der Waals surface area contributed by atoms with Gasteiger partial charge in [0, 0.05) is 28.2 Å². The van der Waals surface area contributed by atoms with Crippen LogP contribution in [0.4, 0.5) is 5.69 Å². The summed E-state index contributed by atoms with van der Waals surface area (Å²) in [6.07, 6.45) is 1.01. The Labute approximate surface area is 247 Å². The minimum Gasteiger partial charge on any atom is -0.352 e. The maximum absolute atomic E-state index is 14.2. The number of aryl methyl sites for hydroxylation is 1. The van der Waals surface area contributed by atoms with Crippen molar-refractivity contribution in [3.05, 3.63) is 94.0 Å². The smallest absolute Gasteiger partial charge is 0.264 e. The Morgan fingerprint density at radius 2 is 1.48 bits per heavy atom. The van der Waals surface area contributed by atoms with E-state index in [1.165, 1.54) is 17.0 Å². The lowest BCUT2D eigenvalue weighted by Crippen LogP contribution is -2.53. The molecule has 0 bridgehead atoms. The van der Waals surface area contributed by atoms with Crippen LogP contribution >= 0.6 is 23.2 Å². The molecular formula is C30H35Cl2N3O4S. The van der Waals surface area contributed by atoms with Gasteiger partial charge in [0.1, 0.15) is 12.6 Å². The van der Waals surface area contributed by atoms with E-state index in [0.717, 1.165) is 4.31 Å². The number of hydrogen-bond acceptors (Lipinski definition) is 4. The Morgan fingerprint density at radius 3 is 2.05 bits per heavy atom. The van der Waals surface area contributed by atoms with Crippen molar-refractivity contribution in [1.29, 1.82) is 0 Å². The Kier molecular flexibility index (Phi) is 11.0. The number of hydrogen-bond donors (Lipinski definition) is 1. The topological polar surface area (TPSA) is 86.8 Å². The van der Waals surface area contributed by atoms with Crippen LogP contribution in [0, 0.1) is 6.92 Å². The van der Waals surface area contributed by atoms with E-state index in [0.29, 0.717) is 39.7 Å². The first-order chi connectivity index (χ1) is 19.0. The van der Waals surface area contributed by atoms with E-state index in [9.17, 15) is 18.0 Å². The predicted octanol–water partition coefficient (Wildman–Crippen LogP) is 6.22. The lowest BCUT2D eigenvalue weighted by molar-refractivity contribution is -0.140. The zero-order valence-electron chi connectivity index (χ0n) is 23.1. The number of benzene rings is 3. The number of carbonyl (C=O) groups is 2. The molecule has 40 heavy (non-hydrogen) atoms. The van der Waals surface area contributed by atoms with Crippen LogP contribution in [-0.2, 0) is 26.2 Å². The van der Waals surface area contributed by atoms with Gasteiger partial charge in [0.05, 0.1) is 10.6 Å². The fourth-order valence-corrected chi connectivity index (χ4v) is 6.31. The third-order valence-electron chi connectivity index (χ3n) is 6.77. The molecule has 2 atom stereocenters. The van der Waals surface area contributed by atoms with E-state index in [1.54, 1.807) is 74.5 Å². The van der Waals surface area contributed by atoms with Gasteiger partial charge in [-0.15, -0.1) is 0 Å². The zero-order valence-corrected chi connectivity index (χ0v) is 25.4. The van der Waals surface area contributed by atoms with Crippen molar-refractivity contribution in [3.63, 3.8) is 0 Å². The van der Waals surface area contributed by atoms with Crippen molar-refractivity contribution in [2.45, 2.75) is 64.1 Å². The van der Waals surface area contributed by atoms with Crippen LogP contribution in [0.2, 0.25) is 10.0 Å². The minimum atomic E-state index is -4.14. The summed E-state index contributed by atoms with van der Waals surface area (Å²) in [6.45, 7) is 6.81. The molecule has 10 heteroatoms. The van der Waals surface area contributed by atoms with Gasteiger partial charge in [-0.3, -0.25) is 13.9 Å². The molecule has 1 N–H and O–H groups in total. The summed E-state index contributed by atoms with van der Waals surface area (Å²) >= 11 is 12.9. The first kappa shape index (κ1) is 31.5. The van der Waals surface area contributed by atoms with E-state index in [-0.39, 0.29) is 23.4 Å². The van der Waals surface area contributed by atoms with Crippen LogP contribution in [0.25, 0.3) is 0 Å². The van der Waals surface area contributed by atoms with Crippen LogP contribution in [0.1, 0.15) is 44.7 Å². The van der Waals surface area contributed by atoms with Crippen molar-refractivity contribution in [3.8, 4) is 0 Å². The zero-order chi connectivity index (χ0) is 29.4. The first-order valence-electron chi connectivity index (χ1n) is 13.2. The summed E-state index contributed by atoms with van der Waals surface area (Å²) in [4.78, 5) is 29.0. The second-order valence-electron chi connectivity index (χ2n) is 9.58. The van der Waals surface area contributed by atoms with Gasteiger partial charge in [-0.2, -0.15) is 0 Å². The van der Waals surface area contributed by atoms with Crippen LogP contribution in [0.3, 0.4) is 0 Å². The van der Waals surface area contributed by atoms with Gasteiger partial charge in [-0.1, -0.05) is 79.5 Å². The molecule has 0 heterocycles. The van der Waals surface area contributed by atoms with Crippen molar-refractivity contribution in [1.82, 2.24) is 10.2 Å². The number of anilines is 1. The van der Waals surface area contributed by atoms with Crippen molar-refractivity contribution in [2.75, 3.05) is 10.8 Å². The average molecular weight is 605 g/mol. The fraction of sp³-hybridized carbons (Fsp3) is 0.333. The molecule has 3 rings (SSSR count). The molecule has 0 saturated carbocycles. The summed E-state index contributed by atoms with van der Waals surface area (Å²) in [5.41, 5.74) is 1.52. The van der Waals surface area contributed by atoms with Gasteiger partial charge >= 0.3 is 0 Å². The molecule has 214 valence electrons. The molecule has 0 spiro atoms. The van der Waals surface area contributed by atoms with Crippen molar-refractivity contribution < 1.29 is 18.0 Å². The highest BCUT2D eigenvalue weighted by atomic mass is 35.5. The van der Waals surface area contributed by atoms with E-state index >= 15 is 0 Å². The van der Waals surface area contributed by atoms with Crippen LogP contribution in [0.15, 0.2) is 77.7 Å². The summed E-state index contributed by atoms with van der Waals surface area (Å²) in [5, 5.41) is 3.64. The fourth-order valence-electron chi connectivity index (χ4n) is 4.29. The van der Waals surface area contributed by atoms with Gasteiger partial charge in [0.15, 0.2) is 0 Å². The lowest BCUT2D eigenvalue weighted by atomic mass is 10.1. The molecule has 0 aliphatic rings. The molecule has 0 saturated heterocycles. The first-order valence-corrected chi connectivity index (χ1v) is 15.4. The van der Waals surface area contributed by atoms with E-state index in [4.69, 9.17) is 23.2 Å². The molecular weight excluding hydrogens is 569 g/mol. The summed E-state index contributed by atoms with van der Waals surface area (Å²) in [5.74, 6) is -0.897. The highest BCUT2D eigenvalue weighted by Gasteiger charge is 2.34. The molecule has 0 unspecified atom stereocenters. The number of nitrogens with one attached hydrogen (secondary N) is 1. The molecule has 0 fully saturated rings. The molecule has 3 aromatic carbocycles. The highest BCUT2D eigenvalue weighted by molar-refractivity contribution is 7.92. The minimum absolute atomic E-state index is 0.0494. The third kappa shape index (κ3) is 7.36. The van der Waals surface area contributed by atoms with Crippen LogP contribution in [-0.4, -0.2) is 43.8 Å². The van der Waals surface area contributed by atoms with Crippen molar-refractivity contribution >= 4 is 50.7 Å². The number of amides is 2. The van der Waals surface area contributed by atoms with E-state index in [2.05, 4.69) is 5.32 Å². The maximum atomic E-state index is 14.2. The number of nitrogens with zero attached hydrogens (tertiary/aromatic N) is 2. The van der Waals surface area contributed by atoms with Gasteiger partial charge in [-0.25, -0.2) is 8.42 Å². The SMILES string of the molecule is CC[C@@H](C)NC(=O)[C@@H](CC)N(Cc1c(Cl)cccc1Cl)C(=O)CN(c1ccccc1C)S(=O)(=O)c1ccccc1. The molecule has 0 radical (unpaired) electrons. The molecule has 0 aliphatic heterocycles. The Morgan fingerprint density at radius 1 is 0.875 bits per heavy atom. The molecule has 0 aromatic heterocycles. The van der Waals surface area contributed by atoms with Crippen molar-refractivity contribution in [2.24, 2.45) is 0 Å². The van der Waals surface area contributed by atoms with Crippen LogP contribution in [0.5, 0.6) is 0 Å². The monoisotopic (exact) mass is 603 g/mol. The maximum Gasteiger partial charge on any atom is 0.264 e. The summed E-state index contributed by atoms with van der Waals surface area (Å²) in [7, 11) is -4.14. The standard InChI is InChI=1S/C30H35Cl2N3O4S/c1-5-22(4)33-30(37)27(6-2)34(19-24-25(31)16-12-17-26(24)32)29(36)20-35(28-18-11-10-13-21(28)3)40(38,39)23-14-8-7-9-15-23/h7-18,22,27H,5-6,19-20H2,1-4H3,(H,33,37)/t22-,27-/m1/s1. The Bertz CT molecular complexity index is 1410. The second-order valence-corrected chi connectivity index (χ2v) is 12.3. The number of carbonyl (C=O) groups excluding carboxylic acids is 2. The van der Waals surface area contributed by atoms with Crippen LogP contribution < -0.4 is 9.62 Å². The molecule has 0 aliphatic carbocycles. The Hall–Kier alpha value is -3.07. The third-order valence-corrected chi connectivity index (χ3v) is 9.25. The van der Waals surface area contributed by atoms with Gasteiger partial charge < -0.3 is 10.2 Å². The predicted molar refractivity (Wildman–Crippen MR) is 161 cm³/mol. The van der Waals surface area contributed by atoms with Gasteiger partial charge in [0.2, 0.25) is 11.8 Å². The normalized spacial score (nSPS) is 12.8. The second kappa shape index (κ2) is 14.0. The summed E-state index contributed by atoms with van der Waals surface area (Å²) in [6, 6.07) is 18.9. The summed E-state index contributed by atoms with van der Waals surface area (Å²) < 4.78 is 28.9. The quantitative estimate of drug-likeness (QED) is 0.266. The Balaban J connectivity index is 2.10. The molecule has 7 nitrogen and oxygen atoms in total. The largest absolute Gasteiger partial charge is 0.352 e.